The fraction of sp³-hybridized carbons (Fsp3) is 0.286. The number of fused-ring (bicyclic) bond motifs is 1. The van der Waals surface area contributed by atoms with Crippen LogP contribution >= 0.6 is 11.8 Å². The number of nitrogens with zero attached hydrogens (tertiary/aromatic N) is 2. The van der Waals surface area contributed by atoms with E-state index in [1.807, 2.05) is 6.20 Å². The van der Waals surface area contributed by atoms with Crippen LogP contribution < -0.4 is 5.32 Å². The Morgan fingerprint density at radius 1 is 1.19 bits per heavy atom. The highest BCUT2D eigenvalue weighted by molar-refractivity contribution is 7.98. The van der Waals surface area contributed by atoms with Gasteiger partial charge in [-0.2, -0.15) is 5.10 Å². The summed E-state index contributed by atoms with van der Waals surface area (Å²) in [4.78, 5) is 1.25. The van der Waals surface area contributed by atoms with Gasteiger partial charge in [0, 0.05) is 34.8 Å². The third-order valence-corrected chi connectivity index (χ3v) is 5.69. The summed E-state index contributed by atoms with van der Waals surface area (Å²) in [6.07, 6.45) is 6.79. The van der Waals surface area contributed by atoms with E-state index < -0.39 is 11.6 Å². The lowest BCUT2D eigenvalue weighted by Crippen LogP contribution is -2.25. The molecule has 0 fully saturated rings. The highest BCUT2D eigenvalue weighted by atomic mass is 32.2. The van der Waals surface area contributed by atoms with E-state index in [0.717, 1.165) is 43.1 Å². The van der Waals surface area contributed by atoms with Crippen LogP contribution in [0.1, 0.15) is 35.7 Å². The molecule has 140 valence electrons. The lowest BCUT2D eigenvalue weighted by molar-refractivity contribution is 0.454. The van der Waals surface area contributed by atoms with Gasteiger partial charge in [-0.3, -0.25) is 0 Å². The van der Waals surface area contributed by atoms with Crippen LogP contribution in [0.5, 0.6) is 0 Å². The van der Waals surface area contributed by atoms with Crippen LogP contribution in [0.2, 0.25) is 0 Å². The topological polar surface area (TPSA) is 29.9 Å². The molecular formula is C21H21F2N3S. The zero-order valence-corrected chi connectivity index (χ0v) is 15.9. The Bertz CT molecular complexity index is 934. The zero-order chi connectivity index (χ0) is 18.8. The van der Waals surface area contributed by atoms with E-state index in [1.54, 1.807) is 16.4 Å². The van der Waals surface area contributed by atoms with Gasteiger partial charge in [0.15, 0.2) is 0 Å². The number of halogens is 2. The standard InChI is InChI=1S/C21H21F2N3S/c1-27-18-5-2-4-14(8-18)12-24-20-6-3-7-21-19(20)13-25-26(21)17-10-15(22)9-16(23)11-17/h2,4-5,8-11,13,20,24H,3,6-7,12H2,1H3/t20-/m1/s1. The number of rotatable bonds is 5. The van der Waals surface area contributed by atoms with Crippen molar-refractivity contribution in [3.8, 4) is 5.69 Å². The maximum absolute atomic E-state index is 13.6. The van der Waals surface area contributed by atoms with Crippen LogP contribution in [-0.2, 0) is 13.0 Å². The molecule has 0 unspecified atom stereocenters. The molecule has 0 saturated carbocycles. The van der Waals surface area contributed by atoms with Crippen LogP contribution in [0, 0.1) is 11.6 Å². The molecule has 0 radical (unpaired) electrons. The summed E-state index contributed by atoms with van der Waals surface area (Å²) in [5.41, 5.74) is 3.82. The minimum Gasteiger partial charge on any atom is -0.306 e. The molecule has 1 aliphatic rings. The highest BCUT2D eigenvalue weighted by Crippen LogP contribution is 2.31. The Kier molecular flexibility index (Phi) is 5.27. The van der Waals surface area contributed by atoms with Gasteiger partial charge in [-0.05, 0) is 55.3 Å². The monoisotopic (exact) mass is 385 g/mol. The molecule has 0 amide bonds. The van der Waals surface area contributed by atoms with E-state index >= 15 is 0 Å². The Labute approximate surface area is 161 Å². The Morgan fingerprint density at radius 2 is 2.00 bits per heavy atom. The Balaban J connectivity index is 1.56. The van der Waals surface area contributed by atoms with Gasteiger partial charge in [0.25, 0.3) is 0 Å². The number of nitrogens with one attached hydrogen (secondary N) is 1. The summed E-state index contributed by atoms with van der Waals surface area (Å²) >= 11 is 1.73. The number of thioether (sulfide) groups is 1. The molecule has 1 aromatic heterocycles. The second-order valence-electron chi connectivity index (χ2n) is 6.76. The van der Waals surface area contributed by atoms with Gasteiger partial charge in [0.05, 0.1) is 11.9 Å². The molecule has 0 spiro atoms. The number of hydrogen-bond donors (Lipinski definition) is 1. The molecule has 1 N–H and O–H groups in total. The van der Waals surface area contributed by atoms with Crippen LogP contribution in [-0.4, -0.2) is 16.0 Å². The summed E-state index contributed by atoms with van der Waals surface area (Å²) < 4.78 is 28.9. The van der Waals surface area contributed by atoms with Gasteiger partial charge in [-0.1, -0.05) is 12.1 Å². The number of benzene rings is 2. The predicted molar refractivity (Wildman–Crippen MR) is 104 cm³/mol. The number of aromatic nitrogens is 2. The Morgan fingerprint density at radius 3 is 2.78 bits per heavy atom. The Hall–Kier alpha value is -2.18. The zero-order valence-electron chi connectivity index (χ0n) is 15.1. The second kappa shape index (κ2) is 7.82. The van der Waals surface area contributed by atoms with Gasteiger partial charge in [0.2, 0.25) is 0 Å². The van der Waals surface area contributed by atoms with Gasteiger partial charge in [-0.15, -0.1) is 11.8 Å². The largest absolute Gasteiger partial charge is 0.306 e. The summed E-state index contributed by atoms with van der Waals surface area (Å²) in [5.74, 6) is -1.18. The lowest BCUT2D eigenvalue weighted by Gasteiger charge is -2.24. The third kappa shape index (κ3) is 3.92. The summed E-state index contributed by atoms with van der Waals surface area (Å²) in [6, 6.07) is 12.2. The van der Waals surface area contributed by atoms with Gasteiger partial charge >= 0.3 is 0 Å². The fourth-order valence-corrected chi connectivity index (χ4v) is 4.16. The summed E-state index contributed by atoms with van der Waals surface area (Å²) in [6.45, 7) is 0.776. The average Bonchev–Trinajstić information content (AvgIpc) is 3.10. The first-order valence-electron chi connectivity index (χ1n) is 9.03. The molecule has 27 heavy (non-hydrogen) atoms. The van der Waals surface area contributed by atoms with Crippen molar-refractivity contribution in [2.24, 2.45) is 0 Å². The van der Waals surface area contributed by atoms with E-state index in [4.69, 9.17) is 0 Å². The molecule has 1 heterocycles. The van der Waals surface area contributed by atoms with Crippen molar-refractivity contribution in [2.75, 3.05) is 6.26 Å². The summed E-state index contributed by atoms with van der Waals surface area (Å²) in [5, 5.41) is 8.05. The van der Waals surface area contributed by atoms with Gasteiger partial charge < -0.3 is 5.32 Å². The highest BCUT2D eigenvalue weighted by Gasteiger charge is 2.24. The van der Waals surface area contributed by atoms with Crippen molar-refractivity contribution in [1.82, 2.24) is 15.1 Å². The van der Waals surface area contributed by atoms with Crippen LogP contribution in [0.3, 0.4) is 0 Å². The lowest BCUT2D eigenvalue weighted by atomic mass is 9.92. The molecule has 0 aliphatic heterocycles. The quantitative estimate of drug-likeness (QED) is 0.624. The molecule has 2 aromatic carbocycles. The van der Waals surface area contributed by atoms with Crippen molar-refractivity contribution in [3.05, 3.63) is 77.1 Å². The first-order chi connectivity index (χ1) is 13.1. The maximum atomic E-state index is 13.6. The van der Waals surface area contributed by atoms with Gasteiger partial charge in [0.1, 0.15) is 11.6 Å². The molecule has 0 bridgehead atoms. The molecule has 6 heteroatoms. The van der Waals surface area contributed by atoms with Crippen molar-refractivity contribution < 1.29 is 8.78 Å². The molecule has 1 aliphatic carbocycles. The van der Waals surface area contributed by atoms with E-state index in [9.17, 15) is 8.78 Å². The van der Waals surface area contributed by atoms with Gasteiger partial charge in [-0.25, -0.2) is 13.5 Å². The molecule has 4 rings (SSSR count). The predicted octanol–water partition coefficient (Wildman–Crippen LogP) is 5.04. The van der Waals surface area contributed by atoms with Crippen molar-refractivity contribution in [3.63, 3.8) is 0 Å². The van der Waals surface area contributed by atoms with E-state index in [1.165, 1.54) is 22.6 Å². The van der Waals surface area contributed by atoms with Crippen molar-refractivity contribution >= 4 is 11.8 Å². The maximum Gasteiger partial charge on any atom is 0.128 e. The third-order valence-electron chi connectivity index (χ3n) is 4.96. The van der Waals surface area contributed by atoms with E-state index in [0.29, 0.717) is 5.69 Å². The van der Waals surface area contributed by atoms with Crippen molar-refractivity contribution in [2.45, 2.75) is 36.7 Å². The molecule has 1 atom stereocenters. The minimum atomic E-state index is -0.589. The molecular weight excluding hydrogens is 364 g/mol. The smallest absolute Gasteiger partial charge is 0.128 e. The molecule has 0 saturated heterocycles. The molecule has 3 aromatic rings. The minimum absolute atomic E-state index is 0.193. The SMILES string of the molecule is CSc1cccc(CN[C@@H]2CCCc3c2cnn3-c2cc(F)cc(F)c2)c1. The average molecular weight is 385 g/mol. The summed E-state index contributed by atoms with van der Waals surface area (Å²) in [7, 11) is 0. The van der Waals surface area contributed by atoms with Crippen LogP contribution in [0.25, 0.3) is 5.69 Å². The number of hydrogen-bond acceptors (Lipinski definition) is 3. The molecule has 3 nitrogen and oxygen atoms in total. The normalized spacial score (nSPS) is 16.3. The first-order valence-corrected chi connectivity index (χ1v) is 10.3. The van der Waals surface area contributed by atoms with Crippen LogP contribution in [0.15, 0.2) is 53.6 Å². The van der Waals surface area contributed by atoms with E-state index in [2.05, 4.69) is 40.9 Å². The second-order valence-corrected chi connectivity index (χ2v) is 7.64. The van der Waals surface area contributed by atoms with Crippen molar-refractivity contribution in [1.29, 1.82) is 0 Å². The first kappa shape index (κ1) is 18.2. The fourth-order valence-electron chi connectivity index (χ4n) is 3.68. The van der Waals surface area contributed by atoms with Crippen LogP contribution in [0.4, 0.5) is 8.78 Å². The van der Waals surface area contributed by atoms with E-state index in [-0.39, 0.29) is 6.04 Å².